The lowest BCUT2D eigenvalue weighted by Gasteiger charge is -2.31. The van der Waals surface area contributed by atoms with Gasteiger partial charge < -0.3 is 14.4 Å². The molecule has 0 bridgehead atoms. The van der Waals surface area contributed by atoms with Gasteiger partial charge in [0.1, 0.15) is 6.61 Å². The van der Waals surface area contributed by atoms with Crippen molar-refractivity contribution in [3.05, 3.63) is 10.7 Å². The summed E-state index contributed by atoms with van der Waals surface area (Å²) in [6.45, 7) is 4.68. The van der Waals surface area contributed by atoms with E-state index in [9.17, 15) is 0 Å². The molecule has 17 heavy (non-hydrogen) atoms. The fourth-order valence-electron chi connectivity index (χ4n) is 0.919. The Labute approximate surface area is 110 Å². The molecule has 6 heteroatoms. The molecule has 5 nitrogen and oxygen atoms in total. The number of halogens is 1. The van der Waals surface area contributed by atoms with Crippen LogP contribution in [0, 0.1) is 0 Å². The van der Waals surface area contributed by atoms with Crippen molar-refractivity contribution in [2.45, 2.75) is 19.4 Å². The van der Waals surface area contributed by atoms with Gasteiger partial charge in [0.05, 0.1) is 17.8 Å². The summed E-state index contributed by atoms with van der Waals surface area (Å²) in [6.07, 6.45) is 1.61. The second-order valence-electron chi connectivity index (χ2n) is 4.51. The molecule has 0 amide bonds. The van der Waals surface area contributed by atoms with Crippen molar-refractivity contribution in [1.29, 1.82) is 0 Å². The number of hydrogen-bond acceptors (Lipinski definition) is 5. The molecule has 0 saturated heterocycles. The molecule has 0 aromatic carbocycles. The average molecular weight is 304 g/mol. The molecule has 0 aliphatic carbocycles. The maximum atomic E-state index is 5.56. The molecule has 0 aliphatic rings. The number of hydrogen-bond donors (Lipinski definition) is 0. The SMILES string of the molecule is COc1nc(OCC(C)(C)N(C)C)ncc1Br. The molecule has 1 aromatic rings. The van der Waals surface area contributed by atoms with Crippen LogP contribution in [-0.4, -0.2) is 48.2 Å². The van der Waals surface area contributed by atoms with Crippen molar-refractivity contribution < 1.29 is 9.47 Å². The minimum atomic E-state index is -0.0797. The van der Waals surface area contributed by atoms with Gasteiger partial charge in [-0.3, -0.25) is 0 Å². The molecule has 0 spiro atoms. The molecule has 1 heterocycles. The number of aromatic nitrogens is 2. The van der Waals surface area contributed by atoms with Gasteiger partial charge in [0, 0.05) is 5.54 Å². The third-order valence-electron chi connectivity index (χ3n) is 2.65. The van der Waals surface area contributed by atoms with Gasteiger partial charge in [-0.25, -0.2) is 4.98 Å². The molecule has 1 rings (SSSR count). The van der Waals surface area contributed by atoms with Gasteiger partial charge in [0.2, 0.25) is 5.88 Å². The van der Waals surface area contributed by atoms with Crippen molar-refractivity contribution in [3.8, 4) is 11.9 Å². The van der Waals surface area contributed by atoms with Crippen LogP contribution in [0.4, 0.5) is 0 Å². The fraction of sp³-hybridized carbons (Fsp3) is 0.636. The van der Waals surface area contributed by atoms with Crippen molar-refractivity contribution in [2.75, 3.05) is 27.8 Å². The predicted molar refractivity (Wildman–Crippen MR) is 69.5 cm³/mol. The van der Waals surface area contributed by atoms with Crippen molar-refractivity contribution in [1.82, 2.24) is 14.9 Å². The predicted octanol–water partition coefficient (Wildman–Crippen LogP) is 1.97. The number of likely N-dealkylation sites (N-methyl/N-ethyl adjacent to an activating group) is 1. The lowest BCUT2D eigenvalue weighted by molar-refractivity contribution is 0.107. The number of ether oxygens (including phenoxy) is 2. The van der Waals surface area contributed by atoms with Gasteiger partial charge in [0.25, 0.3) is 0 Å². The summed E-state index contributed by atoms with van der Waals surface area (Å²) in [7, 11) is 5.57. The van der Waals surface area contributed by atoms with E-state index < -0.39 is 0 Å². The van der Waals surface area contributed by atoms with E-state index in [0.717, 1.165) is 0 Å². The van der Waals surface area contributed by atoms with Crippen molar-refractivity contribution in [3.63, 3.8) is 0 Å². The Hall–Kier alpha value is -0.880. The maximum absolute atomic E-state index is 5.56. The molecule has 1 aromatic heterocycles. The smallest absolute Gasteiger partial charge is 0.319 e. The first-order valence-electron chi connectivity index (χ1n) is 5.23. The van der Waals surface area contributed by atoms with E-state index in [1.54, 1.807) is 13.3 Å². The van der Waals surface area contributed by atoms with Crippen LogP contribution in [0.1, 0.15) is 13.8 Å². The summed E-state index contributed by atoms with van der Waals surface area (Å²) in [5.74, 6) is 0.470. The Balaban J connectivity index is 2.70. The molecular formula is C11H18BrN3O2. The van der Waals surface area contributed by atoms with Crippen LogP contribution in [0.5, 0.6) is 11.9 Å². The molecule has 0 unspecified atom stereocenters. The van der Waals surface area contributed by atoms with E-state index in [2.05, 4.69) is 44.6 Å². The Morgan fingerprint density at radius 2 is 2.06 bits per heavy atom. The van der Waals surface area contributed by atoms with Gasteiger partial charge in [-0.05, 0) is 43.9 Å². The fourth-order valence-corrected chi connectivity index (χ4v) is 1.27. The van der Waals surface area contributed by atoms with Crippen LogP contribution >= 0.6 is 15.9 Å². The van der Waals surface area contributed by atoms with Crippen LogP contribution in [0.2, 0.25) is 0 Å². The lowest BCUT2D eigenvalue weighted by atomic mass is 10.1. The van der Waals surface area contributed by atoms with E-state index in [1.165, 1.54) is 0 Å². The first-order valence-corrected chi connectivity index (χ1v) is 6.03. The van der Waals surface area contributed by atoms with Gasteiger partial charge in [-0.1, -0.05) is 0 Å². The van der Waals surface area contributed by atoms with E-state index in [0.29, 0.717) is 23.0 Å². The number of methoxy groups -OCH3 is 1. The summed E-state index contributed by atoms with van der Waals surface area (Å²) >= 11 is 3.29. The highest BCUT2D eigenvalue weighted by molar-refractivity contribution is 9.10. The quantitative estimate of drug-likeness (QED) is 0.832. The highest BCUT2D eigenvalue weighted by atomic mass is 79.9. The van der Waals surface area contributed by atoms with Crippen LogP contribution < -0.4 is 9.47 Å². The summed E-state index contributed by atoms with van der Waals surface area (Å²) in [6, 6.07) is 0.319. The Bertz CT molecular complexity index is 383. The maximum Gasteiger partial charge on any atom is 0.319 e. The molecular weight excluding hydrogens is 286 g/mol. The highest BCUT2D eigenvalue weighted by Gasteiger charge is 2.22. The van der Waals surface area contributed by atoms with Crippen LogP contribution in [-0.2, 0) is 0 Å². The Morgan fingerprint density at radius 1 is 1.41 bits per heavy atom. The standard InChI is InChI=1S/C11H18BrN3O2/c1-11(2,15(3)4)7-17-10-13-6-8(12)9(14-10)16-5/h6H,7H2,1-5H3. The molecule has 96 valence electrons. The summed E-state index contributed by atoms with van der Waals surface area (Å²) in [5, 5.41) is 0. The summed E-state index contributed by atoms with van der Waals surface area (Å²) < 4.78 is 11.3. The molecule has 0 saturated carbocycles. The van der Waals surface area contributed by atoms with Gasteiger partial charge in [-0.2, -0.15) is 4.98 Å². The first kappa shape index (κ1) is 14.2. The van der Waals surface area contributed by atoms with Crippen LogP contribution in [0.15, 0.2) is 10.7 Å². The normalized spacial score (nSPS) is 11.7. The molecule has 0 atom stereocenters. The van der Waals surface area contributed by atoms with Crippen molar-refractivity contribution in [2.24, 2.45) is 0 Å². The highest BCUT2D eigenvalue weighted by Crippen LogP contribution is 2.23. The molecule has 0 aliphatic heterocycles. The second-order valence-corrected chi connectivity index (χ2v) is 5.36. The van der Waals surface area contributed by atoms with E-state index in [4.69, 9.17) is 9.47 Å². The average Bonchev–Trinajstić information content (AvgIpc) is 2.28. The zero-order chi connectivity index (χ0) is 13.1. The largest absolute Gasteiger partial charge is 0.480 e. The number of nitrogens with zero attached hydrogens (tertiary/aromatic N) is 3. The second kappa shape index (κ2) is 5.64. The molecule has 0 N–H and O–H groups in total. The topological polar surface area (TPSA) is 47.5 Å². The minimum Gasteiger partial charge on any atom is -0.480 e. The van der Waals surface area contributed by atoms with Crippen molar-refractivity contribution >= 4 is 15.9 Å². The number of rotatable bonds is 5. The van der Waals surface area contributed by atoms with Crippen LogP contribution in [0.3, 0.4) is 0 Å². The Kier molecular flexibility index (Phi) is 4.70. The molecule has 0 radical (unpaired) electrons. The zero-order valence-corrected chi connectivity index (χ0v) is 12.4. The Morgan fingerprint density at radius 3 is 2.59 bits per heavy atom. The first-order chi connectivity index (χ1) is 7.86. The monoisotopic (exact) mass is 303 g/mol. The van der Waals surface area contributed by atoms with E-state index in [-0.39, 0.29) is 5.54 Å². The van der Waals surface area contributed by atoms with Gasteiger partial charge in [-0.15, -0.1) is 0 Å². The van der Waals surface area contributed by atoms with Gasteiger partial charge in [0.15, 0.2) is 0 Å². The third kappa shape index (κ3) is 3.81. The summed E-state index contributed by atoms with van der Waals surface area (Å²) in [4.78, 5) is 10.3. The van der Waals surface area contributed by atoms with E-state index in [1.807, 2.05) is 14.1 Å². The lowest BCUT2D eigenvalue weighted by Crippen LogP contribution is -2.43. The zero-order valence-electron chi connectivity index (χ0n) is 10.8. The van der Waals surface area contributed by atoms with E-state index >= 15 is 0 Å². The van der Waals surface area contributed by atoms with Crippen LogP contribution in [0.25, 0.3) is 0 Å². The summed E-state index contributed by atoms with van der Waals surface area (Å²) in [5.41, 5.74) is -0.0797. The van der Waals surface area contributed by atoms with Gasteiger partial charge >= 0.3 is 6.01 Å². The minimum absolute atomic E-state index is 0.0797. The third-order valence-corrected chi connectivity index (χ3v) is 3.19. The molecule has 0 fully saturated rings.